The predicted octanol–water partition coefficient (Wildman–Crippen LogP) is 1.21. The molecule has 6 heteroatoms. The summed E-state index contributed by atoms with van der Waals surface area (Å²) in [5.41, 5.74) is 0. The van der Waals surface area contributed by atoms with Crippen LogP contribution in [0.3, 0.4) is 0 Å². The summed E-state index contributed by atoms with van der Waals surface area (Å²) in [6, 6.07) is -0.426. The van der Waals surface area contributed by atoms with Gasteiger partial charge in [0.15, 0.2) is 5.82 Å². The van der Waals surface area contributed by atoms with Crippen molar-refractivity contribution in [3.05, 3.63) is 11.7 Å². The lowest BCUT2D eigenvalue weighted by atomic mass is 10.1. The van der Waals surface area contributed by atoms with Gasteiger partial charge >= 0.3 is 5.97 Å². The van der Waals surface area contributed by atoms with Crippen LogP contribution in [0.15, 0.2) is 4.52 Å². The van der Waals surface area contributed by atoms with Crippen LogP contribution >= 0.6 is 0 Å². The lowest BCUT2D eigenvalue weighted by Gasteiger charge is -2.24. The first-order valence-electron chi connectivity index (χ1n) is 5.93. The lowest BCUT2D eigenvalue weighted by Crippen LogP contribution is -2.40. The van der Waals surface area contributed by atoms with Crippen LogP contribution in [0.1, 0.15) is 37.4 Å². The van der Waals surface area contributed by atoms with Gasteiger partial charge in [-0.1, -0.05) is 18.0 Å². The monoisotopic (exact) mass is 239 g/mol. The highest BCUT2D eigenvalue weighted by atomic mass is 16.5. The topological polar surface area (TPSA) is 79.5 Å². The van der Waals surface area contributed by atoms with E-state index in [0.717, 1.165) is 25.8 Å². The Hall–Kier alpha value is -1.43. The molecule has 0 saturated carbocycles. The third kappa shape index (κ3) is 3.03. The number of hydrogen-bond acceptors (Lipinski definition) is 5. The minimum absolute atomic E-state index is 0.426. The number of aryl methyl sites for hydroxylation is 1. The van der Waals surface area contributed by atoms with Gasteiger partial charge in [-0.25, -0.2) is 0 Å². The van der Waals surface area contributed by atoms with Gasteiger partial charge in [0.25, 0.3) is 0 Å². The number of hydrogen-bond donors (Lipinski definition) is 1. The van der Waals surface area contributed by atoms with Gasteiger partial charge in [0.2, 0.25) is 5.89 Å². The second kappa shape index (κ2) is 5.27. The fourth-order valence-corrected chi connectivity index (χ4v) is 2.21. The molecule has 1 aromatic heterocycles. The van der Waals surface area contributed by atoms with Gasteiger partial charge in [-0.05, 0) is 26.3 Å². The molecule has 2 rings (SSSR count). The average molecular weight is 239 g/mol. The van der Waals surface area contributed by atoms with E-state index in [1.54, 1.807) is 6.92 Å². The van der Waals surface area contributed by atoms with Gasteiger partial charge in [-0.2, -0.15) is 4.98 Å². The number of aliphatic carboxylic acids is 1. The molecule has 0 spiro atoms. The molecule has 0 amide bonds. The second-order valence-electron chi connectivity index (χ2n) is 4.41. The Morgan fingerprint density at radius 2 is 2.35 bits per heavy atom. The first-order valence-corrected chi connectivity index (χ1v) is 5.93. The van der Waals surface area contributed by atoms with Gasteiger partial charge in [0.05, 0.1) is 6.54 Å². The largest absolute Gasteiger partial charge is 0.480 e. The van der Waals surface area contributed by atoms with Gasteiger partial charge in [-0.15, -0.1) is 0 Å². The Kier molecular flexibility index (Phi) is 3.73. The molecule has 1 fully saturated rings. The van der Waals surface area contributed by atoms with Crippen molar-refractivity contribution in [2.24, 2.45) is 0 Å². The van der Waals surface area contributed by atoms with Gasteiger partial charge in [-0.3, -0.25) is 9.69 Å². The molecule has 17 heavy (non-hydrogen) atoms. The maximum atomic E-state index is 11.2. The molecule has 1 saturated heterocycles. The minimum atomic E-state index is -0.761. The van der Waals surface area contributed by atoms with Crippen LogP contribution in [0.4, 0.5) is 0 Å². The molecule has 2 heterocycles. The van der Waals surface area contributed by atoms with E-state index in [1.807, 2.05) is 4.90 Å². The zero-order chi connectivity index (χ0) is 12.3. The molecule has 1 aliphatic rings. The Morgan fingerprint density at radius 3 is 3.00 bits per heavy atom. The zero-order valence-corrected chi connectivity index (χ0v) is 9.93. The normalized spacial score (nSPS) is 22.3. The van der Waals surface area contributed by atoms with Crippen LogP contribution in [-0.4, -0.2) is 38.7 Å². The number of rotatable bonds is 3. The van der Waals surface area contributed by atoms with Crippen molar-refractivity contribution in [2.45, 2.75) is 45.2 Å². The number of carboxylic acids is 1. The molecule has 0 bridgehead atoms. The highest BCUT2D eigenvalue weighted by Crippen LogP contribution is 2.19. The summed E-state index contributed by atoms with van der Waals surface area (Å²) in [6.07, 6.45) is 3.78. The van der Waals surface area contributed by atoms with E-state index < -0.39 is 12.0 Å². The van der Waals surface area contributed by atoms with Crippen molar-refractivity contribution >= 4 is 5.97 Å². The van der Waals surface area contributed by atoms with E-state index in [1.165, 1.54) is 0 Å². The Morgan fingerprint density at radius 1 is 1.53 bits per heavy atom. The number of likely N-dealkylation sites (tertiary alicyclic amines) is 1. The van der Waals surface area contributed by atoms with Gasteiger partial charge in [0.1, 0.15) is 6.04 Å². The van der Waals surface area contributed by atoms with E-state index in [4.69, 9.17) is 4.52 Å². The van der Waals surface area contributed by atoms with Crippen LogP contribution < -0.4 is 0 Å². The Balaban J connectivity index is 2.07. The molecule has 6 nitrogen and oxygen atoms in total. The summed E-state index contributed by atoms with van der Waals surface area (Å²) in [4.78, 5) is 17.2. The maximum absolute atomic E-state index is 11.2. The molecule has 0 aliphatic carbocycles. The highest BCUT2D eigenvalue weighted by molar-refractivity contribution is 5.73. The van der Waals surface area contributed by atoms with Gasteiger partial charge in [0, 0.05) is 0 Å². The molecule has 1 aromatic rings. The standard InChI is InChI=1S/C11H17N3O3/c1-8-12-10(17-13-8)7-14-6-4-2-3-5-9(14)11(15)16/h9H,2-7H2,1H3,(H,15,16). The van der Waals surface area contributed by atoms with Crippen molar-refractivity contribution < 1.29 is 14.4 Å². The fraction of sp³-hybridized carbons (Fsp3) is 0.727. The van der Waals surface area contributed by atoms with Crippen LogP contribution in [0.5, 0.6) is 0 Å². The smallest absolute Gasteiger partial charge is 0.320 e. The molecular weight excluding hydrogens is 222 g/mol. The van der Waals surface area contributed by atoms with Gasteiger partial charge < -0.3 is 9.63 Å². The summed E-state index contributed by atoms with van der Waals surface area (Å²) in [5, 5.41) is 12.9. The molecule has 1 unspecified atom stereocenters. The zero-order valence-electron chi connectivity index (χ0n) is 9.93. The Labute approximate surface area is 99.6 Å². The Bertz CT molecular complexity index is 391. The third-order valence-electron chi connectivity index (χ3n) is 3.06. The highest BCUT2D eigenvalue weighted by Gasteiger charge is 2.28. The summed E-state index contributed by atoms with van der Waals surface area (Å²) in [5.74, 6) is 0.320. The van der Waals surface area contributed by atoms with E-state index in [2.05, 4.69) is 10.1 Å². The minimum Gasteiger partial charge on any atom is -0.480 e. The molecule has 94 valence electrons. The van der Waals surface area contributed by atoms with Crippen molar-refractivity contribution in [3.8, 4) is 0 Å². The number of aromatic nitrogens is 2. The van der Waals surface area contributed by atoms with E-state index in [9.17, 15) is 9.90 Å². The molecule has 0 radical (unpaired) electrons. The summed E-state index contributed by atoms with van der Waals surface area (Å²) >= 11 is 0. The summed E-state index contributed by atoms with van der Waals surface area (Å²) in [6.45, 7) is 2.96. The summed E-state index contributed by atoms with van der Waals surface area (Å²) in [7, 11) is 0. The van der Waals surface area contributed by atoms with Crippen LogP contribution in [0.25, 0.3) is 0 Å². The number of carboxylic acid groups (broad SMARTS) is 1. The van der Waals surface area contributed by atoms with E-state index >= 15 is 0 Å². The quantitative estimate of drug-likeness (QED) is 0.854. The van der Waals surface area contributed by atoms with E-state index in [-0.39, 0.29) is 0 Å². The van der Waals surface area contributed by atoms with Crippen LogP contribution in [0, 0.1) is 6.92 Å². The first-order chi connectivity index (χ1) is 8.16. The molecule has 1 atom stereocenters. The predicted molar refractivity (Wildman–Crippen MR) is 59.3 cm³/mol. The third-order valence-corrected chi connectivity index (χ3v) is 3.06. The molecule has 0 aromatic carbocycles. The van der Waals surface area contributed by atoms with Crippen molar-refractivity contribution in [2.75, 3.05) is 6.54 Å². The van der Waals surface area contributed by atoms with Crippen LogP contribution in [-0.2, 0) is 11.3 Å². The van der Waals surface area contributed by atoms with Crippen molar-refractivity contribution in [3.63, 3.8) is 0 Å². The average Bonchev–Trinajstić information content (AvgIpc) is 2.55. The lowest BCUT2D eigenvalue weighted by molar-refractivity contribution is -0.143. The molecular formula is C11H17N3O3. The van der Waals surface area contributed by atoms with Crippen molar-refractivity contribution in [1.82, 2.24) is 15.0 Å². The number of nitrogens with zero attached hydrogens (tertiary/aromatic N) is 3. The summed E-state index contributed by atoms with van der Waals surface area (Å²) < 4.78 is 5.04. The first kappa shape index (κ1) is 12.0. The molecule has 1 aliphatic heterocycles. The van der Waals surface area contributed by atoms with Crippen LogP contribution in [0.2, 0.25) is 0 Å². The van der Waals surface area contributed by atoms with E-state index in [0.29, 0.717) is 24.7 Å². The SMILES string of the molecule is Cc1noc(CN2CCCCCC2C(=O)O)n1. The maximum Gasteiger partial charge on any atom is 0.320 e. The second-order valence-corrected chi connectivity index (χ2v) is 4.41. The number of carbonyl (C=O) groups is 1. The molecule has 1 N–H and O–H groups in total. The fourth-order valence-electron chi connectivity index (χ4n) is 2.21. The van der Waals surface area contributed by atoms with Crippen molar-refractivity contribution in [1.29, 1.82) is 0 Å².